The lowest BCUT2D eigenvalue weighted by Gasteiger charge is -2.34. The summed E-state index contributed by atoms with van der Waals surface area (Å²) in [6.45, 7) is 2.01. The molecule has 0 fully saturated rings. The van der Waals surface area contributed by atoms with Crippen molar-refractivity contribution in [3.05, 3.63) is 66.2 Å². The van der Waals surface area contributed by atoms with Crippen molar-refractivity contribution in [2.24, 2.45) is 0 Å². The molecule has 0 saturated heterocycles. The van der Waals surface area contributed by atoms with Gasteiger partial charge in [-0.25, -0.2) is 8.42 Å². The number of hydrogen-bond donors (Lipinski definition) is 1. The number of carbonyl (C=O) groups excluding carboxylic acids is 1. The maximum absolute atomic E-state index is 13.4. The number of ether oxygens (including phenoxy) is 4. The number of fused-ring (bicyclic) bond motifs is 1. The number of rotatable bonds is 7. The molecule has 1 aliphatic heterocycles. The number of anilines is 2. The molecule has 0 aliphatic carbocycles. The Kier molecular flexibility index (Phi) is 6.74. The largest absolute Gasteiger partial charge is 0.493 e. The average Bonchev–Trinajstić information content (AvgIpc) is 2.87. The van der Waals surface area contributed by atoms with Crippen LogP contribution in [0, 0.1) is 0 Å². The maximum atomic E-state index is 13.4. The molecule has 3 aromatic carbocycles. The van der Waals surface area contributed by atoms with Gasteiger partial charge in [0.05, 0.1) is 38.5 Å². The van der Waals surface area contributed by atoms with Gasteiger partial charge in [0, 0.05) is 11.3 Å². The molecule has 3 aromatic rings. The zero-order valence-corrected chi connectivity index (χ0v) is 20.6. The van der Waals surface area contributed by atoms with Crippen LogP contribution in [0.3, 0.4) is 0 Å². The molecule has 1 amide bonds. The second kappa shape index (κ2) is 9.75. The summed E-state index contributed by atoms with van der Waals surface area (Å²) in [6.07, 6.45) is -0.295. The van der Waals surface area contributed by atoms with E-state index in [-0.39, 0.29) is 23.1 Å². The number of hydrogen-bond acceptors (Lipinski definition) is 7. The highest BCUT2D eigenvalue weighted by atomic mass is 32.2. The summed E-state index contributed by atoms with van der Waals surface area (Å²) in [5, 5.41) is 2.76. The number of nitrogens with zero attached hydrogens (tertiary/aromatic N) is 1. The Hall–Kier alpha value is -3.92. The topological polar surface area (TPSA) is 103 Å². The SMILES string of the molecule is COc1cc(C(=O)Nc2ccc(S(=O)(=O)N3CC(C)Oc4ccccc43)cc2)cc(OC)c1OC. The second-order valence-corrected chi connectivity index (χ2v) is 9.69. The molecule has 4 rings (SSSR count). The van der Waals surface area contributed by atoms with Crippen LogP contribution in [-0.4, -0.2) is 48.3 Å². The first kappa shape index (κ1) is 24.2. The lowest BCUT2D eigenvalue weighted by atomic mass is 10.1. The van der Waals surface area contributed by atoms with Crippen LogP contribution in [0.4, 0.5) is 11.4 Å². The van der Waals surface area contributed by atoms with Gasteiger partial charge in [-0.15, -0.1) is 0 Å². The molecule has 184 valence electrons. The van der Waals surface area contributed by atoms with Crippen molar-refractivity contribution in [2.45, 2.75) is 17.9 Å². The van der Waals surface area contributed by atoms with Crippen molar-refractivity contribution in [3.63, 3.8) is 0 Å². The van der Waals surface area contributed by atoms with Crippen molar-refractivity contribution in [1.82, 2.24) is 0 Å². The summed E-state index contributed by atoms with van der Waals surface area (Å²) in [5.74, 6) is 1.16. The third kappa shape index (κ3) is 4.69. The molecular weight excluding hydrogens is 472 g/mol. The number of nitrogens with one attached hydrogen (secondary N) is 1. The quantitative estimate of drug-likeness (QED) is 0.526. The van der Waals surface area contributed by atoms with Crippen LogP contribution in [0.15, 0.2) is 65.6 Å². The first-order chi connectivity index (χ1) is 16.8. The van der Waals surface area contributed by atoms with E-state index < -0.39 is 15.9 Å². The molecule has 1 unspecified atom stereocenters. The molecule has 0 saturated carbocycles. The summed E-state index contributed by atoms with van der Waals surface area (Å²) in [6, 6.07) is 16.1. The lowest BCUT2D eigenvalue weighted by molar-refractivity contribution is 0.102. The summed E-state index contributed by atoms with van der Waals surface area (Å²) in [5.41, 5.74) is 1.21. The summed E-state index contributed by atoms with van der Waals surface area (Å²) in [4.78, 5) is 13.0. The summed E-state index contributed by atoms with van der Waals surface area (Å²) >= 11 is 0. The molecule has 1 N–H and O–H groups in total. The summed E-state index contributed by atoms with van der Waals surface area (Å²) in [7, 11) is 0.568. The van der Waals surface area contributed by atoms with Crippen LogP contribution in [0.5, 0.6) is 23.0 Å². The average molecular weight is 499 g/mol. The monoisotopic (exact) mass is 498 g/mol. The number of amides is 1. The Bertz CT molecular complexity index is 1320. The van der Waals surface area contributed by atoms with E-state index in [0.717, 1.165) is 0 Å². The minimum absolute atomic E-state index is 0.104. The molecule has 0 radical (unpaired) electrons. The number of carbonyl (C=O) groups is 1. The van der Waals surface area contributed by atoms with Gasteiger partial charge in [-0.1, -0.05) is 12.1 Å². The minimum atomic E-state index is -3.84. The van der Waals surface area contributed by atoms with Gasteiger partial charge >= 0.3 is 0 Å². The number of para-hydroxylation sites is 2. The number of sulfonamides is 1. The molecule has 10 heteroatoms. The Morgan fingerprint density at radius 3 is 2.20 bits per heavy atom. The maximum Gasteiger partial charge on any atom is 0.264 e. The smallest absolute Gasteiger partial charge is 0.264 e. The van der Waals surface area contributed by atoms with Crippen LogP contribution in [0.25, 0.3) is 0 Å². The molecule has 1 aliphatic rings. The Morgan fingerprint density at radius 2 is 1.60 bits per heavy atom. The predicted octanol–water partition coefficient (Wildman–Crippen LogP) is 3.94. The fourth-order valence-corrected chi connectivity index (χ4v) is 5.38. The van der Waals surface area contributed by atoms with Crippen LogP contribution in [0.2, 0.25) is 0 Å². The first-order valence-corrected chi connectivity index (χ1v) is 12.2. The van der Waals surface area contributed by atoms with E-state index in [1.165, 1.54) is 49.9 Å². The highest BCUT2D eigenvalue weighted by Crippen LogP contribution is 2.39. The van der Waals surface area contributed by atoms with Crippen molar-refractivity contribution >= 4 is 27.3 Å². The fraction of sp³-hybridized carbons (Fsp3) is 0.240. The second-order valence-electron chi connectivity index (χ2n) is 7.82. The van der Waals surface area contributed by atoms with Crippen LogP contribution in [0.1, 0.15) is 17.3 Å². The molecule has 1 heterocycles. The van der Waals surface area contributed by atoms with Crippen LogP contribution in [-0.2, 0) is 10.0 Å². The van der Waals surface area contributed by atoms with Gasteiger partial charge in [-0.2, -0.15) is 0 Å². The number of methoxy groups -OCH3 is 3. The normalized spacial score (nSPS) is 15.0. The zero-order valence-electron chi connectivity index (χ0n) is 19.8. The highest BCUT2D eigenvalue weighted by Gasteiger charge is 2.32. The van der Waals surface area contributed by atoms with Crippen LogP contribution < -0.4 is 28.6 Å². The van der Waals surface area contributed by atoms with Gasteiger partial charge in [-0.3, -0.25) is 9.10 Å². The lowest BCUT2D eigenvalue weighted by Crippen LogP contribution is -2.42. The van der Waals surface area contributed by atoms with Crippen molar-refractivity contribution in [3.8, 4) is 23.0 Å². The third-order valence-electron chi connectivity index (χ3n) is 5.51. The number of benzene rings is 3. The van der Waals surface area contributed by atoms with Gasteiger partial charge in [-0.05, 0) is 55.5 Å². The van der Waals surface area contributed by atoms with E-state index in [1.807, 2.05) is 6.92 Å². The zero-order chi connectivity index (χ0) is 25.2. The first-order valence-electron chi connectivity index (χ1n) is 10.8. The van der Waals surface area contributed by atoms with Gasteiger partial charge in [0.1, 0.15) is 11.9 Å². The van der Waals surface area contributed by atoms with E-state index in [0.29, 0.717) is 34.4 Å². The van der Waals surface area contributed by atoms with E-state index in [2.05, 4.69) is 5.32 Å². The molecule has 9 nitrogen and oxygen atoms in total. The van der Waals surface area contributed by atoms with Gasteiger partial charge < -0.3 is 24.3 Å². The summed E-state index contributed by atoms with van der Waals surface area (Å²) < 4.78 is 49.8. The molecule has 35 heavy (non-hydrogen) atoms. The van der Waals surface area contributed by atoms with E-state index in [9.17, 15) is 13.2 Å². The predicted molar refractivity (Wildman–Crippen MR) is 132 cm³/mol. The molecular formula is C25H26N2O7S. The standard InChI is InChI=1S/C25H26N2O7S/c1-16-15-27(20-7-5-6-8-21(20)34-16)35(29,30)19-11-9-18(10-12-19)26-25(28)17-13-22(31-2)24(33-4)23(14-17)32-3/h5-14,16H,15H2,1-4H3,(H,26,28). The van der Waals surface area contributed by atoms with Gasteiger partial charge in [0.15, 0.2) is 11.5 Å². The van der Waals surface area contributed by atoms with Crippen molar-refractivity contribution in [1.29, 1.82) is 0 Å². The Labute approximate surface area is 204 Å². The van der Waals surface area contributed by atoms with E-state index >= 15 is 0 Å². The third-order valence-corrected chi connectivity index (χ3v) is 7.31. The Balaban J connectivity index is 1.57. The van der Waals surface area contributed by atoms with Crippen LogP contribution >= 0.6 is 0 Å². The molecule has 0 aromatic heterocycles. The van der Waals surface area contributed by atoms with Crippen molar-refractivity contribution < 1.29 is 32.2 Å². The van der Waals surface area contributed by atoms with Gasteiger partial charge in [0.25, 0.3) is 15.9 Å². The van der Waals surface area contributed by atoms with Crippen molar-refractivity contribution in [2.75, 3.05) is 37.5 Å². The minimum Gasteiger partial charge on any atom is -0.493 e. The molecule has 0 bridgehead atoms. The molecule has 1 atom stereocenters. The fourth-order valence-electron chi connectivity index (χ4n) is 3.83. The highest BCUT2D eigenvalue weighted by molar-refractivity contribution is 7.92. The van der Waals surface area contributed by atoms with E-state index in [4.69, 9.17) is 18.9 Å². The van der Waals surface area contributed by atoms with Gasteiger partial charge in [0.2, 0.25) is 5.75 Å². The molecule has 0 spiro atoms. The van der Waals surface area contributed by atoms with E-state index in [1.54, 1.807) is 36.4 Å². The Morgan fingerprint density at radius 1 is 0.971 bits per heavy atom.